The molecule has 0 atom stereocenters. The van der Waals surface area contributed by atoms with Crippen LogP contribution in [0.25, 0.3) is 11.1 Å². The lowest BCUT2D eigenvalue weighted by Crippen LogP contribution is -1.98. The van der Waals surface area contributed by atoms with E-state index < -0.39 is 0 Å². The van der Waals surface area contributed by atoms with Gasteiger partial charge in [-0.15, -0.1) is 0 Å². The number of rotatable bonds is 1. The quantitative estimate of drug-likeness (QED) is 0.542. The zero-order chi connectivity index (χ0) is 11.7. The SMILES string of the molecule is Nc1ccc(-c2cccc(N)c2N)cc1N. The first-order valence-electron chi connectivity index (χ1n) is 4.89. The zero-order valence-corrected chi connectivity index (χ0v) is 8.77. The minimum absolute atomic E-state index is 0.541. The van der Waals surface area contributed by atoms with E-state index in [-0.39, 0.29) is 0 Å². The molecule has 2 aromatic carbocycles. The van der Waals surface area contributed by atoms with Gasteiger partial charge in [0.1, 0.15) is 0 Å². The van der Waals surface area contributed by atoms with Crippen molar-refractivity contribution in [3.8, 4) is 11.1 Å². The van der Waals surface area contributed by atoms with Gasteiger partial charge in [0, 0.05) is 5.56 Å². The molecule has 0 aliphatic heterocycles. The van der Waals surface area contributed by atoms with Crippen LogP contribution >= 0.6 is 0 Å². The first-order valence-corrected chi connectivity index (χ1v) is 4.89. The van der Waals surface area contributed by atoms with Gasteiger partial charge in [-0.05, 0) is 23.8 Å². The molecule has 0 unspecified atom stereocenters. The molecule has 0 aliphatic rings. The van der Waals surface area contributed by atoms with Crippen molar-refractivity contribution in [3.63, 3.8) is 0 Å². The molecule has 0 fully saturated rings. The second kappa shape index (κ2) is 3.66. The average Bonchev–Trinajstić information content (AvgIpc) is 2.26. The molecule has 82 valence electrons. The fourth-order valence-electron chi connectivity index (χ4n) is 1.58. The summed E-state index contributed by atoms with van der Waals surface area (Å²) in [6, 6.07) is 10.9. The number of nitrogen functional groups attached to an aromatic ring is 4. The molecule has 4 nitrogen and oxygen atoms in total. The van der Waals surface area contributed by atoms with Gasteiger partial charge in [0.15, 0.2) is 0 Å². The fraction of sp³-hybridized carbons (Fsp3) is 0. The molecule has 0 aromatic heterocycles. The van der Waals surface area contributed by atoms with E-state index in [0.29, 0.717) is 22.7 Å². The molecule has 0 saturated carbocycles. The highest BCUT2D eigenvalue weighted by atomic mass is 14.7. The van der Waals surface area contributed by atoms with Crippen molar-refractivity contribution in [2.24, 2.45) is 0 Å². The molecule has 0 spiro atoms. The lowest BCUT2D eigenvalue weighted by Gasteiger charge is -2.09. The van der Waals surface area contributed by atoms with E-state index in [1.54, 1.807) is 18.2 Å². The molecule has 16 heavy (non-hydrogen) atoms. The standard InChI is InChI=1S/C12H14N4/c13-9-5-4-7(6-11(9)15)8-2-1-3-10(14)12(8)16/h1-6H,13-16H2. The molecule has 0 amide bonds. The highest BCUT2D eigenvalue weighted by molar-refractivity contribution is 5.86. The highest BCUT2D eigenvalue weighted by Crippen LogP contribution is 2.32. The maximum atomic E-state index is 5.91. The summed E-state index contributed by atoms with van der Waals surface area (Å²) in [5.74, 6) is 0. The second-order valence-corrected chi connectivity index (χ2v) is 3.65. The number of hydrogen-bond acceptors (Lipinski definition) is 4. The van der Waals surface area contributed by atoms with Gasteiger partial charge < -0.3 is 22.9 Å². The van der Waals surface area contributed by atoms with Crippen LogP contribution in [0, 0.1) is 0 Å². The molecule has 2 aromatic rings. The summed E-state index contributed by atoms with van der Waals surface area (Å²) in [5.41, 5.74) is 27.1. The third-order valence-electron chi connectivity index (χ3n) is 2.54. The topological polar surface area (TPSA) is 104 Å². The van der Waals surface area contributed by atoms with Crippen LogP contribution < -0.4 is 22.9 Å². The lowest BCUT2D eigenvalue weighted by molar-refractivity contribution is 1.59. The van der Waals surface area contributed by atoms with Crippen molar-refractivity contribution in [2.45, 2.75) is 0 Å². The predicted molar refractivity (Wildman–Crippen MR) is 69.5 cm³/mol. The van der Waals surface area contributed by atoms with Crippen molar-refractivity contribution in [3.05, 3.63) is 36.4 Å². The van der Waals surface area contributed by atoms with Gasteiger partial charge >= 0.3 is 0 Å². The van der Waals surface area contributed by atoms with Crippen LogP contribution in [-0.2, 0) is 0 Å². The minimum atomic E-state index is 0.541. The van der Waals surface area contributed by atoms with Crippen LogP contribution in [0.3, 0.4) is 0 Å². The molecule has 0 radical (unpaired) electrons. The van der Waals surface area contributed by atoms with E-state index >= 15 is 0 Å². The normalized spacial score (nSPS) is 10.2. The van der Waals surface area contributed by atoms with Gasteiger partial charge in [-0.2, -0.15) is 0 Å². The number of benzene rings is 2. The van der Waals surface area contributed by atoms with E-state index in [1.807, 2.05) is 18.2 Å². The number of nitrogens with two attached hydrogens (primary N) is 4. The Morgan fingerprint density at radius 1 is 0.688 bits per heavy atom. The Kier molecular flexibility index (Phi) is 2.32. The number of para-hydroxylation sites is 1. The van der Waals surface area contributed by atoms with Gasteiger partial charge in [0.2, 0.25) is 0 Å². The van der Waals surface area contributed by atoms with E-state index in [4.69, 9.17) is 22.9 Å². The molecular weight excluding hydrogens is 200 g/mol. The summed E-state index contributed by atoms with van der Waals surface area (Å²) in [6.45, 7) is 0. The van der Waals surface area contributed by atoms with Crippen LogP contribution in [0.1, 0.15) is 0 Å². The summed E-state index contributed by atoms with van der Waals surface area (Å²) >= 11 is 0. The van der Waals surface area contributed by atoms with Gasteiger partial charge in [-0.3, -0.25) is 0 Å². The van der Waals surface area contributed by atoms with E-state index in [0.717, 1.165) is 11.1 Å². The molecule has 0 heterocycles. The molecule has 4 heteroatoms. The number of hydrogen-bond donors (Lipinski definition) is 4. The second-order valence-electron chi connectivity index (χ2n) is 3.65. The van der Waals surface area contributed by atoms with Gasteiger partial charge in [0.25, 0.3) is 0 Å². The highest BCUT2D eigenvalue weighted by Gasteiger charge is 2.06. The van der Waals surface area contributed by atoms with E-state index in [2.05, 4.69) is 0 Å². The smallest absolute Gasteiger partial charge is 0.0627 e. The molecule has 0 aliphatic carbocycles. The molecular formula is C12H14N4. The molecule has 2 rings (SSSR count). The summed E-state index contributed by atoms with van der Waals surface area (Å²) in [7, 11) is 0. The number of anilines is 4. The van der Waals surface area contributed by atoms with Crippen molar-refractivity contribution >= 4 is 22.7 Å². The largest absolute Gasteiger partial charge is 0.397 e. The average molecular weight is 214 g/mol. The first kappa shape index (κ1) is 10.2. The van der Waals surface area contributed by atoms with Crippen LogP contribution in [0.2, 0.25) is 0 Å². The Bertz CT molecular complexity index is 535. The minimum Gasteiger partial charge on any atom is -0.397 e. The molecule has 0 bridgehead atoms. The summed E-state index contributed by atoms with van der Waals surface area (Å²) in [5, 5.41) is 0. The van der Waals surface area contributed by atoms with Crippen molar-refractivity contribution < 1.29 is 0 Å². The first-order chi connectivity index (χ1) is 7.59. The van der Waals surface area contributed by atoms with E-state index in [1.165, 1.54) is 0 Å². The third kappa shape index (κ3) is 1.61. The Morgan fingerprint density at radius 3 is 2.12 bits per heavy atom. The van der Waals surface area contributed by atoms with Crippen molar-refractivity contribution in [1.29, 1.82) is 0 Å². The van der Waals surface area contributed by atoms with Crippen LogP contribution in [-0.4, -0.2) is 0 Å². The Morgan fingerprint density at radius 2 is 1.44 bits per heavy atom. The summed E-state index contributed by atoms with van der Waals surface area (Å²) < 4.78 is 0. The lowest BCUT2D eigenvalue weighted by atomic mass is 10.0. The van der Waals surface area contributed by atoms with Gasteiger partial charge in [-0.25, -0.2) is 0 Å². The van der Waals surface area contributed by atoms with Crippen LogP contribution in [0.4, 0.5) is 22.7 Å². The fourth-order valence-corrected chi connectivity index (χ4v) is 1.58. The third-order valence-corrected chi connectivity index (χ3v) is 2.54. The maximum absolute atomic E-state index is 5.91. The maximum Gasteiger partial charge on any atom is 0.0627 e. The van der Waals surface area contributed by atoms with Crippen LogP contribution in [0.15, 0.2) is 36.4 Å². The van der Waals surface area contributed by atoms with Crippen LogP contribution in [0.5, 0.6) is 0 Å². The summed E-state index contributed by atoms with van der Waals surface area (Å²) in [4.78, 5) is 0. The van der Waals surface area contributed by atoms with E-state index in [9.17, 15) is 0 Å². The Hall–Kier alpha value is -2.36. The van der Waals surface area contributed by atoms with Gasteiger partial charge in [0.05, 0.1) is 22.7 Å². The monoisotopic (exact) mass is 214 g/mol. The van der Waals surface area contributed by atoms with Crippen molar-refractivity contribution in [2.75, 3.05) is 22.9 Å². The van der Waals surface area contributed by atoms with Gasteiger partial charge in [-0.1, -0.05) is 18.2 Å². The molecule has 0 saturated heterocycles. The van der Waals surface area contributed by atoms with Crippen molar-refractivity contribution in [1.82, 2.24) is 0 Å². The molecule has 8 N–H and O–H groups in total. The zero-order valence-electron chi connectivity index (χ0n) is 8.77. The predicted octanol–water partition coefficient (Wildman–Crippen LogP) is 1.68. The Balaban J connectivity index is 2.59. The summed E-state index contributed by atoms with van der Waals surface area (Å²) in [6.07, 6.45) is 0. The Labute approximate surface area is 93.8 Å².